The van der Waals surface area contributed by atoms with Crippen molar-refractivity contribution >= 4 is 0 Å². The fourth-order valence-electron chi connectivity index (χ4n) is 1.44. The quantitative estimate of drug-likeness (QED) is 0.585. The van der Waals surface area contributed by atoms with E-state index in [-0.39, 0.29) is 0 Å². The Bertz CT molecular complexity index is 135. The molecule has 1 rings (SSSR count). The van der Waals surface area contributed by atoms with Crippen LogP contribution in [0, 0.1) is 0 Å². The van der Waals surface area contributed by atoms with Crippen LogP contribution in [0.15, 0.2) is 0 Å². The average molecular weight is 203 g/mol. The van der Waals surface area contributed by atoms with Crippen LogP contribution in [0.5, 0.6) is 0 Å². The van der Waals surface area contributed by atoms with Gasteiger partial charge in [0.15, 0.2) is 0 Å². The summed E-state index contributed by atoms with van der Waals surface area (Å²) in [6.45, 7) is 5.41. The lowest BCUT2D eigenvalue weighted by Crippen LogP contribution is -2.39. The van der Waals surface area contributed by atoms with Crippen LogP contribution in [0.25, 0.3) is 0 Å². The van der Waals surface area contributed by atoms with Gasteiger partial charge in [0.2, 0.25) is 0 Å². The molecule has 0 saturated heterocycles. The van der Waals surface area contributed by atoms with E-state index < -0.39 is 0 Å². The molecule has 0 aromatic rings. The van der Waals surface area contributed by atoms with Crippen LogP contribution in [0.4, 0.5) is 0 Å². The smallest absolute Gasteiger partial charge is 0.0704 e. The van der Waals surface area contributed by atoms with Gasteiger partial charge < -0.3 is 19.9 Å². The van der Waals surface area contributed by atoms with Crippen molar-refractivity contribution in [1.82, 2.24) is 0 Å². The Morgan fingerprint density at radius 2 is 1.71 bits per heavy atom. The molecule has 14 heavy (non-hydrogen) atoms. The van der Waals surface area contributed by atoms with Crippen molar-refractivity contribution < 1.29 is 14.2 Å². The summed E-state index contributed by atoms with van der Waals surface area (Å²) < 4.78 is 16.2. The van der Waals surface area contributed by atoms with E-state index in [1.165, 1.54) is 0 Å². The molecule has 1 aliphatic carbocycles. The summed E-state index contributed by atoms with van der Waals surface area (Å²) in [7, 11) is 0. The van der Waals surface area contributed by atoms with Crippen LogP contribution in [0.1, 0.15) is 19.8 Å². The summed E-state index contributed by atoms with van der Waals surface area (Å²) in [5.41, 5.74) is 5.33. The van der Waals surface area contributed by atoms with E-state index in [1.807, 2.05) is 6.92 Å². The molecule has 0 atom stereocenters. The van der Waals surface area contributed by atoms with Crippen LogP contribution >= 0.6 is 0 Å². The maximum atomic E-state index is 5.55. The van der Waals surface area contributed by atoms with Gasteiger partial charge in [0.25, 0.3) is 0 Å². The highest BCUT2D eigenvalue weighted by Crippen LogP contribution is 2.25. The van der Waals surface area contributed by atoms with Crippen LogP contribution in [-0.2, 0) is 14.2 Å². The van der Waals surface area contributed by atoms with Crippen molar-refractivity contribution in [3.63, 3.8) is 0 Å². The van der Waals surface area contributed by atoms with E-state index >= 15 is 0 Å². The monoisotopic (exact) mass is 203 g/mol. The van der Waals surface area contributed by atoms with E-state index in [0.717, 1.165) is 19.4 Å². The SMILES string of the molecule is CCOCCOC1CC(OCCN)C1. The van der Waals surface area contributed by atoms with Crippen LogP contribution in [0.2, 0.25) is 0 Å². The molecule has 0 spiro atoms. The number of hydrogen-bond acceptors (Lipinski definition) is 4. The number of rotatable bonds is 8. The molecule has 1 fully saturated rings. The predicted octanol–water partition coefficient (Wildman–Crippen LogP) is 0.546. The topological polar surface area (TPSA) is 53.7 Å². The highest BCUT2D eigenvalue weighted by atomic mass is 16.5. The van der Waals surface area contributed by atoms with Crippen LogP contribution in [0.3, 0.4) is 0 Å². The molecular weight excluding hydrogens is 182 g/mol. The number of nitrogens with two attached hydrogens (primary N) is 1. The molecule has 0 radical (unpaired) electrons. The Balaban J connectivity index is 1.84. The third kappa shape index (κ3) is 4.37. The van der Waals surface area contributed by atoms with Gasteiger partial charge in [-0.05, 0) is 19.8 Å². The second kappa shape index (κ2) is 7.17. The van der Waals surface area contributed by atoms with Gasteiger partial charge in [-0.2, -0.15) is 0 Å². The molecule has 0 bridgehead atoms. The molecular formula is C10H21NO3. The molecule has 0 heterocycles. The van der Waals surface area contributed by atoms with Gasteiger partial charge in [-0.15, -0.1) is 0 Å². The standard InChI is InChI=1S/C10H21NO3/c1-2-12-5-6-14-10-7-9(8-10)13-4-3-11/h9-10H,2-8,11H2,1H3. The normalized spacial score (nSPS) is 26.1. The Morgan fingerprint density at radius 3 is 2.29 bits per heavy atom. The zero-order valence-corrected chi connectivity index (χ0v) is 8.91. The van der Waals surface area contributed by atoms with Gasteiger partial charge in [-0.25, -0.2) is 0 Å². The van der Waals surface area contributed by atoms with Gasteiger partial charge >= 0.3 is 0 Å². The maximum Gasteiger partial charge on any atom is 0.0704 e. The summed E-state index contributed by atoms with van der Waals surface area (Å²) in [5, 5.41) is 0. The Morgan fingerprint density at radius 1 is 1.07 bits per heavy atom. The molecule has 84 valence electrons. The Kier molecular flexibility index (Phi) is 6.10. The third-order valence-electron chi connectivity index (χ3n) is 2.31. The first-order chi connectivity index (χ1) is 6.86. The van der Waals surface area contributed by atoms with Gasteiger partial charge in [0.05, 0.1) is 32.0 Å². The zero-order chi connectivity index (χ0) is 10.2. The molecule has 0 amide bonds. The van der Waals surface area contributed by atoms with Crippen molar-refractivity contribution in [3.05, 3.63) is 0 Å². The maximum absolute atomic E-state index is 5.55. The van der Waals surface area contributed by atoms with Gasteiger partial charge in [-0.1, -0.05) is 0 Å². The lowest BCUT2D eigenvalue weighted by molar-refractivity contribution is -0.107. The van der Waals surface area contributed by atoms with Crippen LogP contribution in [-0.4, -0.2) is 45.2 Å². The van der Waals surface area contributed by atoms with E-state index in [4.69, 9.17) is 19.9 Å². The van der Waals surface area contributed by atoms with E-state index in [0.29, 0.717) is 38.6 Å². The predicted molar refractivity (Wildman–Crippen MR) is 54.3 cm³/mol. The van der Waals surface area contributed by atoms with Crippen molar-refractivity contribution in [2.24, 2.45) is 5.73 Å². The van der Waals surface area contributed by atoms with Crippen LogP contribution < -0.4 is 5.73 Å². The first kappa shape index (κ1) is 11.9. The van der Waals surface area contributed by atoms with Crippen molar-refractivity contribution in [3.8, 4) is 0 Å². The Labute approximate surface area is 85.7 Å². The molecule has 4 heteroatoms. The largest absolute Gasteiger partial charge is 0.379 e. The highest BCUT2D eigenvalue weighted by Gasteiger charge is 2.30. The fraction of sp³-hybridized carbons (Fsp3) is 1.00. The number of hydrogen-bond donors (Lipinski definition) is 1. The van der Waals surface area contributed by atoms with Gasteiger partial charge in [0.1, 0.15) is 0 Å². The lowest BCUT2D eigenvalue weighted by Gasteiger charge is -2.34. The molecule has 0 aromatic heterocycles. The molecule has 0 aromatic carbocycles. The third-order valence-corrected chi connectivity index (χ3v) is 2.31. The zero-order valence-electron chi connectivity index (χ0n) is 8.91. The minimum atomic E-state index is 0.371. The molecule has 0 aliphatic heterocycles. The number of ether oxygens (including phenoxy) is 3. The summed E-state index contributed by atoms with van der Waals surface area (Å²) in [6.07, 6.45) is 2.76. The van der Waals surface area contributed by atoms with Crippen molar-refractivity contribution in [2.75, 3.05) is 33.0 Å². The van der Waals surface area contributed by atoms with E-state index in [1.54, 1.807) is 0 Å². The van der Waals surface area contributed by atoms with Crippen molar-refractivity contribution in [1.29, 1.82) is 0 Å². The average Bonchev–Trinajstić information content (AvgIpc) is 2.14. The molecule has 0 unspecified atom stereocenters. The van der Waals surface area contributed by atoms with Gasteiger partial charge in [0, 0.05) is 13.2 Å². The van der Waals surface area contributed by atoms with E-state index in [2.05, 4.69) is 0 Å². The second-order valence-corrected chi connectivity index (χ2v) is 3.44. The fourth-order valence-corrected chi connectivity index (χ4v) is 1.44. The summed E-state index contributed by atoms with van der Waals surface area (Å²) >= 11 is 0. The van der Waals surface area contributed by atoms with Gasteiger partial charge in [-0.3, -0.25) is 0 Å². The minimum absolute atomic E-state index is 0.371. The first-order valence-electron chi connectivity index (χ1n) is 5.37. The molecule has 1 aliphatic rings. The lowest BCUT2D eigenvalue weighted by atomic mass is 9.92. The van der Waals surface area contributed by atoms with E-state index in [9.17, 15) is 0 Å². The molecule has 1 saturated carbocycles. The van der Waals surface area contributed by atoms with Crippen molar-refractivity contribution in [2.45, 2.75) is 32.0 Å². The molecule has 2 N–H and O–H groups in total. The first-order valence-corrected chi connectivity index (χ1v) is 5.37. The minimum Gasteiger partial charge on any atom is -0.379 e. The molecule has 4 nitrogen and oxygen atoms in total. The second-order valence-electron chi connectivity index (χ2n) is 3.44. The summed E-state index contributed by atoms with van der Waals surface area (Å²) in [5.74, 6) is 0. The highest BCUT2D eigenvalue weighted by molar-refractivity contribution is 4.81. The Hall–Kier alpha value is -0.160. The summed E-state index contributed by atoms with van der Waals surface area (Å²) in [6, 6.07) is 0. The summed E-state index contributed by atoms with van der Waals surface area (Å²) in [4.78, 5) is 0.